The number of carbonyl (C=O) groups is 2. The van der Waals surface area contributed by atoms with Crippen molar-refractivity contribution in [2.45, 2.75) is 26.4 Å². The molecule has 0 unspecified atom stereocenters. The van der Waals surface area contributed by atoms with E-state index in [0.717, 1.165) is 11.9 Å². The van der Waals surface area contributed by atoms with E-state index in [4.69, 9.17) is 14.2 Å². The average molecular weight is 396 g/mol. The van der Waals surface area contributed by atoms with Gasteiger partial charge in [0.15, 0.2) is 23.9 Å². The number of nitrogens with zero attached hydrogens (tertiary/aromatic N) is 2. The number of aryl methyl sites for hydroxylation is 1. The largest absolute Gasteiger partial charge is 0.456 e. The van der Waals surface area contributed by atoms with Gasteiger partial charge in [0.2, 0.25) is 6.79 Å². The summed E-state index contributed by atoms with van der Waals surface area (Å²) in [7, 11) is 0. The Bertz CT molecular complexity index is 1140. The Labute approximate surface area is 166 Å². The number of Topliss-reactive ketones (excluding diaryl/α,β-unsaturated/α-hetero) is 1. The van der Waals surface area contributed by atoms with E-state index in [1.54, 1.807) is 28.8 Å². The van der Waals surface area contributed by atoms with E-state index in [1.807, 2.05) is 25.1 Å². The molecule has 1 aliphatic heterocycles. The second-order valence-corrected chi connectivity index (χ2v) is 6.66. The van der Waals surface area contributed by atoms with Gasteiger partial charge >= 0.3 is 11.7 Å². The van der Waals surface area contributed by atoms with Crippen molar-refractivity contribution < 1.29 is 23.8 Å². The Morgan fingerprint density at radius 2 is 1.76 bits per heavy atom. The molecule has 0 saturated heterocycles. The summed E-state index contributed by atoms with van der Waals surface area (Å²) in [5.74, 6) is 0.0388. The van der Waals surface area contributed by atoms with Gasteiger partial charge in [-0.25, -0.2) is 4.79 Å². The van der Waals surface area contributed by atoms with Crippen LogP contribution in [-0.2, 0) is 22.6 Å². The smallest absolute Gasteiger partial charge is 0.329 e. The number of hydrogen-bond donors (Lipinski definition) is 0. The lowest BCUT2D eigenvalue weighted by Gasteiger charge is -2.06. The van der Waals surface area contributed by atoms with Crippen LogP contribution in [0.4, 0.5) is 0 Å². The summed E-state index contributed by atoms with van der Waals surface area (Å²) in [6, 6.07) is 12.1. The number of aromatic nitrogens is 2. The van der Waals surface area contributed by atoms with E-state index in [2.05, 4.69) is 0 Å². The molecule has 1 aromatic heterocycles. The first-order chi connectivity index (χ1) is 14.1. The van der Waals surface area contributed by atoms with Crippen LogP contribution in [0.25, 0.3) is 11.0 Å². The second-order valence-electron chi connectivity index (χ2n) is 6.66. The molecule has 0 radical (unpaired) electrons. The van der Waals surface area contributed by atoms with E-state index in [1.165, 1.54) is 4.57 Å². The maximum Gasteiger partial charge on any atom is 0.329 e. The number of para-hydroxylation sites is 2. The number of ketones is 1. The molecule has 0 fully saturated rings. The molecule has 0 amide bonds. The summed E-state index contributed by atoms with van der Waals surface area (Å²) in [4.78, 5) is 37.3. The van der Waals surface area contributed by atoms with Crippen LogP contribution in [0.3, 0.4) is 0 Å². The SMILES string of the molecule is CCCn1c(=O)n(CC(=O)OCC(=O)c2ccc3c(c2)OCO3)c2ccccc21. The molecule has 0 saturated carbocycles. The van der Waals surface area contributed by atoms with Gasteiger partial charge in [-0.2, -0.15) is 0 Å². The number of fused-ring (bicyclic) bond motifs is 2. The Kier molecular flexibility index (Phi) is 5.07. The number of ether oxygens (including phenoxy) is 3. The molecule has 3 aromatic rings. The lowest BCUT2D eigenvalue weighted by Crippen LogP contribution is -2.28. The fourth-order valence-corrected chi connectivity index (χ4v) is 3.34. The summed E-state index contributed by atoms with van der Waals surface area (Å²) in [5.41, 5.74) is 1.51. The molecule has 2 aromatic carbocycles. The Balaban J connectivity index is 1.46. The molecule has 0 spiro atoms. The molecular weight excluding hydrogens is 376 g/mol. The van der Waals surface area contributed by atoms with Gasteiger partial charge in [0.1, 0.15) is 6.54 Å². The summed E-state index contributed by atoms with van der Waals surface area (Å²) in [6.45, 7) is 1.98. The van der Waals surface area contributed by atoms with Crippen molar-refractivity contribution in [1.82, 2.24) is 9.13 Å². The van der Waals surface area contributed by atoms with Crippen molar-refractivity contribution >= 4 is 22.8 Å². The zero-order chi connectivity index (χ0) is 20.4. The van der Waals surface area contributed by atoms with E-state index >= 15 is 0 Å². The summed E-state index contributed by atoms with van der Waals surface area (Å²) < 4.78 is 18.6. The van der Waals surface area contributed by atoms with Crippen LogP contribution in [-0.4, -0.2) is 34.3 Å². The second kappa shape index (κ2) is 7.83. The molecule has 2 heterocycles. The van der Waals surface area contributed by atoms with Crippen LogP contribution < -0.4 is 15.2 Å². The van der Waals surface area contributed by atoms with Crippen LogP contribution >= 0.6 is 0 Å². The highest BCUT2D eigenvalue weighted by Gasteiger charge is 2.19. The van der Waals surface area contributed by atoms with Gasteiger partial charge in [-0.1, -0.05) is 19.1 Å². The molecule has 0 atom stereocenters. The van der Waals surface area contributed by atoms with Gasteiger partial charge < -0.3 is 14.2 Å². The predicted molar refractivity (Wildman–Crippen MR) is 104 cm³/mol. The molecule has 1 aliphatic rings. The highest BCUT2D eigenvalue weighted by atomic mass is 16.7. The normalized spacial score (nSPS) is 12.3. The highest BCUT2D eigenvalue weighted by molar-refractivity contribution is 5.98. The van der Waals surface area contributed by atoms with Crippen LogP contribution in [0.1, 0.15) is 23.7 Å². The Morgan fingerprint density at radius 3 is 2.52 bits per heavy atom. The molecule has 0 aliphatic carbocycles. The van der Waals surface area contributed by atoms with E-state index in [-0.39, 0.29) is 24.8 Å². The van der Waals surface area contributed by atoms with Crippen molar-refractivity contribution in [2.24, 2.45) is 0 Å². The number of carbonyl (C=O) groups excluding carboxylic acids is 2. The maximum absolute atomic E-state index is 12.7. The number of benzene rings is 2. The lowest BCUT2D eigenvalue weighted by atomic mass is 10.1. The number of hydrogen-bond acceptors (Lipinski definition) is 6. The average Bonchev–Trinajstić information content (AvgIpc) is 3.30. The van der Waals surface area contributed by atoms with Gasteiger partial charge in [-0.15, -0.1) is 0 Å². The molecule has 0 N–H and O–H groups in total. The monoisotopic (exact) mass is 396 g/mol. The molecular formula is C21H20N2O6. The predicted octanol–water partition coefficient (Wildman–Crippen LogP) is 2.37. The Hall–Kier alpha value is -3.55. The molecule has 8 nitrogen and oxygen atoms in total. The van der Waals surface area contributed by atoms with Gasteiger partial charge in [-0.3, -0.25) is 18.7 Å². The van der Waals surface area contributed by atoms with Crippen LogP contribution in [0.5, 0.6) is 11.5 Å². The fourth-order valence-electron chi connectivity index (χ4n) is 3.34. The maximum atomic E-state index is 12.7. The first-order valence-corrected chi connectivity index (χ1v) is 9.35. The summed E-state index contributed by atoms with van der Waals surface area (Å²) in [5, 5.41) is 0. The van der Waals surface area contributed by atoms with E-state index < -0.39 is 12.6 Å². The fraction of sp³-hybridized carbons (Fsp3) is 0.286. The van der Waals surface area contributed by atoms with E-state index in [9.17, 15) is 14.4 Å². The quantitative estimate of drug-likeness (QED) is 0.450. The van der Waals surface area contributed by atoms with Crippen molar-refractivity contribution in [2.75, 3.05) is 13.4 Å². The van der Waals surface area contributed by atoms with Gasteiger partial charge in [0.25, 0.3) is 0 Å². The van der Waals surface area contributed by atoms with Crippen LogP contribution in [0, 0.1) is 0 Å². The standard InChI is InChI=1S/C21H20N2O6/c1-2-9-22-15-5-3-4-6-16(15)23(21(22)26)11-20(25)27-12-17(24)14-7-8-18-19(10-14)29-13-28-18/h3-8,10H,2,9,11-13H2,1H3. The van der Waals surface area contributed by atoms with Crippen molar-refractivity contribution in [3.8, 4) is 11.5 Å². The number of rotatable bonds is 7. The van der Waals surface area contributed by atoms with Crippen molar-refractivity contribution in [3.63, 3.8) is 0 Å². The van der Waals surface area contributed by atoms with Gasteiger partial charge in [-0.05, 0) is 36.8 Å². The first kappa shape index (κ1) is 18.8. The van der Waals surface area contributed by atoms with Gasteiger partial charge in [0, 0.05) is 12.1 Å². The third kappa shape index (κ3) is 3.61. The summed E-state index contributed by atoms with van der Waals surface area (Å²) >= 11 is 0. The summed E-state index contributed by atoms with van der Waals surface area (Å²) in [6.07, 6.45) is 0.794. The van der Waals surface area contributed by atoms with Crippen LogP contribution in [0.15, 0.2) is 47.3 Å². The molecule has 29 heavy (non-hydrogen) atoms. The zero-order valence-corrected chi connectivity index (χ0v) is 15.9. The minimum absolute atomic E-state index is 0.113. The van der Waals surface area contributed by atoms with Gasteiger partial charge in [0.05, 0.1) is 11.0 Å². The molecule has 4 rings (SSSR count). The third-order valence-electron chi connectivity index (χ3n) is 4.72. The van der Waals surface area contributed by atoms with E-state index in [0.29, 0.717) is 29.1 Å². The van der Waals surface area contributed by atoms with Crippen LogP contribution in [0.2, 0.25) is 0 Å². The van der Waals surface area contributed by atoms with Crippen molar-refractivity contribution in [1.29, 1.82) is 0 Å². The number of imidazole rings is 1. The zero-order valence-electron chi connectivity index (χ0n) is 15.9. The minimum Gasteiger partial charge on any atom is -0.456 e. The Morgan fingerprint density at radius 1 is 1.03 bits per heavy atom. The minimum atomic E-state index is -0.652. The topological polar surface area (TPSA) is 88.8 Å². The first-order valence-electron chi connectivity index (χ1n) is 9.35. The molecule has 150 valence electrons. The molecule has 8 heteroatoms. The number of esters is 1. The van der Waals surface area contributed by atoms with Crippen molar-refractivity contribution in [3.05, 3.63) is 58.5 Å². The molecule has 0 bridgehead atoms. The lowest BCUT2D eigenvalue weighted by molar-refractivity contribution is -0.143. The third-order valence-corrected chi connectivity index (χ3v) is 4.72. The highest BCUT2D eigenvalue weighted by Crippen LogP contribution is 2.32.